The van der Waals surface area contributed by atoms with Gasteiger partial charge in [0.15, 0.2) is 0 Å². The van der Waals surface area contributed by atoms with E-state index in [1.165, 1.54) is 11.1 Å². The number of rotatable bonds is 6. The van der Waals surface area contributed by atoms with Gasteiger partial charge in [0, 0.05) is 17.6 Å². The van der Waals surface area contributed by atoms with Crippen LogP contribution in [0.5, 0.6) is 0 Å². The first-order chi connectivity index (χ1) is 14.9. The van der Waals surface area contributed by atoms with E-state index in [0.717, 1.165) is 36.0 Å². The third-order valence-corrected chi connectivity index (χ3v) is 6.39. The molecule has 4 nitrogen and oxygen atoms in total. The molecule has 160 valence electrons. The molecule has 0 bridgehead atoms. The third kappa shape index (κ3) is 5.10. The van der Waals surface area contributed by atoms with Crippen molar-refractivity contribution in [3.63, 3.8) is 0 Å². The lowest BCUT2D eigenvalue weighted by molar-refractivity contribution is 0.0697. The lowest BCUT2D eigenvalue weighted by Crippen LogP contribution is -2.37. The largest absolute Gasteiger partial charge is 0.478 e. The van der Waals surface area contributed by atoms with Crippen molar-refractivity contribution in [3.05, 3.63) is 93.0 Å². The summed E-state index contributed by atoms with van der Waals surface area (Å²) in [4.78, 5) is 11.2. The van der Waals surface area contributed by atoms with Gasteiger partial charge < -0.3 is 15.5 Å². The van der Waals surface area contributed by atoms with Gasteiger partial charge >= 0.3 is 5.97 Å². The van der Waals surface area contributed by atoms with Crippen molar-refractivity contribution >= 4 is 29.2 Å². The van der Waals surface area contributed by atoms with Crippen LogP contribution >= 0.6 is 23.2 Å². The van der Waals surface area contributed by atoms with E-state index in [1.807, 2.05) is 12.1 Å². The van der Waals surface area contributed by atoms with Gasteiger partial charge in [0.1, 0.15) is 0 Å². The number of carboxylic acids is 1. The lowest BCUT2D eigenvalue weighted by Gasteiger charge is -2.27. The highest BCUT2D eigenvalue weighted by Gasteiger charge is 2.20. The number of aliphatic hydroxyl groups is 1. The second-order valence-corrected chi connectivity index (χ2v) is 8.74. The highest BCUT2D eigenvalue weighted by molar-refractivity contribution is 6.33. The van der Waals surface area contributed by atoms with E-state index in [4.69, 9.17) is 23.2 Å². The first-order valence-electron chi connectivity index (χ1n) is 10.2. The van der Waals surface area contributed by atoms with Crippen LogP contribution < -0.4 is 5.32 Å². The number of carbonyl (C=O) groups is 1. The summed E-state index contributed by atoms with van der Waals surface area (Å²) in [5.41, 5.74) is 5.45. The van der Waals surface area contributed by atoms with E-state index in [9.17, 15) is 15.0 Å². The first kappa shape index (κ1) is 21.8. The van der Waals surface area contributed by atoms with Gasteiger partial charge in [-0.25, -0.2) is 4.79 Å². The molecule has 6 heteroatoms. The van der Waals surface area contributed by atoms with Gasteiger partial charge in [-0.1, -0.05) is 59.6 Å². The Morgan fingerprint density at radius 3 is 2.42 bits per heavy atom. The number of nitrogens with one attached hydrogen (secondary N) is 1. The maximum atomic E-state index is 11.2. The molecule has 1 aliphatic carbocycles. The quantitative estimate of drug-likeness (QED) is 0.456. The maximum Gasteiger partial charge on any atom is 0.337 e. The van der Waals surface area contributed by atoms with Crippen LogP contribution in [0, 0.1) is 0 Å². The smallest absolute Gasteiger partial charge is 0.337 e. The standard InChI is InChI=1S/C25H23Cl2NO3/c26-20-7-3-16(4-8-20)24(29)14-28-21-9-5-15-1-2-17(11-19(15)12-21)18-6-10-22(25(30)31)23(27)13-18/h1-4,6-8,10-11,13,21,24,28-29H,5,9,12,14H2,(H,30,31)/t21-,24+/m0/s1. The fourth-order valence-electron chi connectivity index (χ4n) is 4.06. The fourth-order valence-corrected chi connectivity index (χ4v) is 4.45. The summed E-state index contributed by atoms with van der Waals surface area (Å²) in [7, 11) is 0. The average Bonchev–Trinajstić information content (AvgIpc) is 2.77. The molecule has 2 atom stereocenters. The predicted octanol–water partition coefficient (Wildman–Crippen LogP) is 5.54. The maximum absolute atomic E-state index is 11.2. The second kappa shape index (κ2) is 9.41. The normalized spacial score (nSPS) is 16.5. The third-order valence-electron chi connectivity index (χ3n) is 5.82. The summed E-state index contributed by atoms with van der Waals surface area (Å²) >= 11 is 12.1. The summed E-state index contributed by atoms with van der Waals surface area (Å²) in [6.07, 6.45) is 2.28. The van der Waals surface area contributed by atoms with Crippen LogP contribution in [0.25, 0.3) is 11.1 Å². The highest BCUT2D eigenvalue weighted by atomic mass is 35.5. The molecule has 0 saturated carbocycles. The molecule has 0 spiro atoms. The Balaban J connectivity index is 1.44. The zero-order valence-electron chi connectivity index (χ0n) is 16.8. The summed E-state index contributed by atoms with van der Waals surface area (Å²) in [5, 5.41) is 24.0. The molecule has 0 heterocycles. The van der Waals surface area contributed by atoms with Crippen LogP contribution in [0.2, 0.25) is 10.0 Å². The molecule has 1 aliphatic rings. The Hall–Kier alpha value is -2.37. The highest BCUT2D eigenvalue weighted by Crippen LogP contribution is 2.30. The van der Waals surface area contributed by atoms with Crippen molar-refractivity contribution in [2.75, 3.05) is 6.54 Å². The number of aliphatic hydroxyl groups excluding tert-OH is 1. The Kier molecular flexibility index (Phi) is 6.63. The van der Waals surface area contributed by atoms with Crippen LogP contribution in [-0.2, 0) is 12.8 Å². The molecule has 3 aromatic rings. The van der Waals surface area contributed by atoms with Crippen molar-refractivity contribution in [2.24, 2.45) is 0 Å². The van der Waals surface area contributed by atoms with Crippen molar-refractivity contribution in [1.82, 2.24) is 5.32 Å². The summed E-state index contributed by atoms with van der Waals surface area (Å²) < 4.78 is 0. The number of carboxylic acid groups (broad SMARTS) is 1. The van der Waals surface area contributed by atoms with Gasteiger partial charge in [0.25, 0.3) is 0 Å². The molecule has 31 heavy (non-hydrogen) atoms. The number of hydrogen-bond acceptors (Lipinski definition) is 3. The van der Waals surface area contributed by atoms with E-state index in [0.29, 0.717) is 11.6 Å². The van der Waals surface area contributed by atoms with E-state index in [2.05, 4.69) is 23.5 Å². The van der Waals surface area contributed by atoms with E-state index >= 15 is 0 Å². The van der Waals surface area contributed by atoms with Gasteiger partial charge in [-0.05, 0) is 71.3 Å². The summed E-state index contributed by atoms with van der Waals surface area (Å²) in [5.74, 6) is -1.03. The van der Waals surface area contributed by atoms with E-state index < -0.39 is 12.1 Å². The lowest BCUT2D eigenvalue weighted by atomic mass is 9.86. The number of hydrogen-bond donors (Lipinski definition) is 3. The minimum Gasteiger partial charge on any atom is -0.478 e. The van der Waals surface area contributed by atoms with Crippen LogP contribution in [0.3, 0.4) is 0 Å². The van der Waals surface area contributed by atoms with Gasteiger partial charge in [0.2, 0.25) is 0 Å². The molecule has 0 fully saturated rings. The minimum absolute atomic E-state index is 0.104. The SMILES string of the molecule is O=C(O)c1ccc(-c2ccc3c(c2)C[C@@H](NC[C@@H](O)c2ccc(Cl)cc2)CC3)cc1Cl. The number of benzene rings is 3. The fraction of sp³-hybridized carbons (Fsp3) is 0.240. The number of aryl methyl sites for hydroxylation is 1. The first-order valence-corrected chi connectivity index (χ1v) is 11.0. The van der Waals surface area contributed by atoms with E-state index in [-0.39, 0.29) is 16.6 Å². The molecule has 4 rings (SSSR count). The predicted molar refractivity (Wildman–Crippen MR) is 124 cm³/mol. The number of aromatic carboxylic acids is 1. The van der Waals surface area contributed by atoms with Crippen molar-refractivity contribution in [1.29, 1.82) is 0 Å². The molecule has 0 aliphatic heterocycles. The van der Waals surface area contributed by atoms with E-state index in [1.54, 1.807) is 30.3 Å². The van der Waals surface area contributed by atoms with Gasteiger partial charge in [0.05, 0.1) is 16.7 Å². The van der Waals surface area contributed by atoms with Crippen molar-refractivity contribution in [3.8, 4) is 11.1 Å². The summed E-state index contributed by atoms with van der Waals surface area (Å²) in [6, 6.07) is 18.9. The monoisotopic (exact) mass is 455 g/mol. The molecule has 3 aromatic carbocycles. The van der Waals surface area contributed by atoms with Gasteiger partial charge in [-0.2, -0.15) is 0 Å². The van der Waals surface area contributed by atoms with Crippen LogP contribution in [0.15, 0.2) is 60.7 Å². The van der Waals surface area contributed by atoms with Crippen LogP contribution in [0.1, 0.15) is 39.6 Å². The Bertz CT molecular complexity index is 1100. The van der Waals surface area contributed by atoms with Crippen molar-refractivity contribution in [2.45, 2.75) is 31.4 Å². The molecule has 0 saturated heterocycles. The molecule has 3 N–H and O–H groups in total. The zero-order chi connectivity index (χ0) is 22.0. The van der Waals surface area contributed by atoms with Crippen LogP contribution in [0.4, 0.5) is 0 Å². The van der Waals surface area contributed by atoms with Crippen LogP contribution in [-0.4, -0.2) is 28.8 Å². The second-order valence-electron chi connectivity index (χ2n) is 7.90. The molecule has 0 amide bonds. The number of fused-ring (bicyclic) bond motifs is 1. The molecule has 0 unspecified atom stereocenters. The zero-order valence-corrected chi connectivity index (χ0v) is 18.3. The average molecular weight is 456 g/mol. The Morgan fingerprint density at radius 1 is 1.00 bits per heavy atom. The Labute approximate surface area is 191 Å². The summed E-state index contributed by atoms with van der Waals surface area (Å²) in [6.45, 7) is 0.480. The number of halogens is 2. The molecule has 0 aromatic heterocycles. The molecular weight excluding hydrogens is 433 g/mol. The Morgan fingerprint density at radius 2 is 1.71 bits per heavy atom. The minimum atomic E-state index is -1.03. The van der Waals surface area contributed by atoms with Crippen molar-refractivity contribution < 1.29 is 15.0 Å². The topological polar surface area (TPSA) is 69.6 Å². The van der Waals surface area contributed by atoms with Gasteiger partial charge in [-0.3, -0.25) is 0 Å². The van der Waals surface area contributed by atoms with Gasteiger partial charge in [-0.15, -0.1) is 0 Å². The molecular formula is C25H23Cl2NO3. The molecule has 0 radical (unpaired) electrons.